The predicted octanol–water partition coefficient (Wildman–Crippen LogP) is 3.69. The van der Waals surface area contributed by atoms with Crippen LogP contribution < -0.4 is 10.5 Å². The summed E-state index contributed by atoms with van der Waals surface area (Å²) in [7, 11) is 0. The molecule has 0 spiro atoms. The number of rotatable bonds is 3. The number of benzene rings is 2. The van der Waals surface area contributed by atoms with E-state index in [0.717, 1.165) is 18.2 Å². The number of halogens is 3. The first-order valence-electron chi connectivity index (χ1n) is 5.51. The Labute approximate surface area is 131 Å². The van der Waals surface area contributed by atoms with Crippen molar-refractivity contribution in [1.82, 2.24) is 0 Å². The molecule has 7 heteroatoms. The molecule has 0 amide bonds. The molecule has 2 aromatic carbocycles. The molecule has 0 heterocycles. The number of carbonyl (C=O) groups excluding carboxylic acids is 1. The second kappa shape index (κ2) is 6.72. The van der Waals surface area contributed by atoms with E-state index in [-0.39, 0.29) is 37.3 Å². The Morgan fingerprint density at radius 2 is 1.90 bits per heavy atom. The zero-order valence-corrected chi connectivity index (χ0v) is 13.7. The van der Waals surface area contributed by atoms with Crippen molar-refractivity contribution >= 4 is 12.0 Å². The maximum Gasteiger partial charge on any atom is 0.417 e. The van der Waals surface area contributed by atoms with Gasteiger partial charge in [-0.05, 0) is 18.2 Å². The Hall–Kier alpha value is -1.88. The van der Waals surface area contributed by atoms with E-state index in [4.69, 9.17) is 10.5 Å². The van der Waals surface area contributed by atoms with Crippen LogP contribution in [0.3, 0.4) is 0 Å². The molecule has 0 aliphatic rings. The van der Waals surface area contributed by atoms with Gasteiger partial charge in [-0.15, -0.1) is 18.2 Å². The van der Waals surface area contributed by atoms with Crippen LogP contribution in [0.25, 0.3) is 0 Å². The molecule has 0 aliphatic carbocycles. The van der Waals surface area contributed by atoms with E-state index in [0.29, 0.717) is 5.69 Å². The molecule has 21 heavy (non-hydrogen) atoms. The summed E-state index contributed by atoms with van der Waals surface area (Å²) in [5, 5.41) is 0. The van der Waals surface area contributed by atoms with Crippen molar-refractivity contribution < 1.29 is 42.2 Å². The van der Waals surface area contributed by atoms with Gasteiger partial charge in [-0.2, -0.15) is 19.2 Å². The third kappa shape index (κ3) is 4.29. The fraction of sp³-hybridized carbons (Fsp3) is 0.0714. The van der Waals surface area contributed by atoms with Crippen LogP contribution in [-0.4, -0.2) is 6.29 Å². The van der Waals surface area contributed by atoms with Gasteiger partial charge in [0.15, 0.2) is 6.29 Å². The molecule has 0 aliphatic heterocycles. The third-order valence-electron chi connectivity index (χ3n) is 2.49. The van der Waals surface area contributed by atoms with Crippen molar-refractivity contribution in [3.63, 3.8) is 0 Å². The van der Waals surface area contributed by atoms with Gasteiger partial charge in [0.2, 0.25) is 0 Å². The number of alkyl halides is 3. The van der Waals surface area contributed by atoms with Crippen molar-refractivity contribution in [3.8, 4) is 11.5 Å². The van der Waals surface area contributed by atoms with E-state index >= 15 is 0 Å². The van der Waals surface area contributed by atoms with Crippen molar-refractivity contribution in [2.75, 3.05) is 5.73 Å². The smallest absolute Gasteiger partial charge is 0.417 e. The van der Waals surface area contributed by atoms with Gasteiger partial charge >= 0.3 is 6.18 Å². The van der Waals surface area contributed by atoms with E-state index in [1.54, 1.807) is 6.07 Å². The van der Waals surface area contributed by atoms with Gasteiger partial charge in [-0.1, -0.05) is 5.69 Å². The first-order chi connectivity index (χ1) is 9.40. The molecule has 2 rings (SSSR count). The summed E-state index contributed by atoms with van der Waals surface area (Å²) >= 11 is 0. The molecule has 0 saturated heterocycles. The molecule has 0 fully saturated rings. The fourth-order valence-corrected chi connectivity index (χ4v) is 1.57. The minimum absolute atomic E-state index is 0. The average Bonchev–Trinajstić information content (AvgIpc) is 2.40. The summed E-state index contributed by atoms with van der Waals surface area (Å²) in [4.78, 5) is 10.7. The van der Waals surface area contributed by atoms with E-state index in [2.05, 4.69) is 6.07 Å². The summed E-state index contributed by atoms with van der Waals surface area (Å²) in [6.45, 7) is 0. The summed E-state index contributed by atoms with van der Waals surface area (Å²) in [6, 6.07) is 10.2. The summed E-state index contributed by atoms with van der Waals surface area (Å²) in [5.41, 5.74) is 4.48. The van der Waals surface area contributed by atoms with Crippen LogP contribution in [0.4, 0.5) is 18.9 Å². The molecule has 0 unspecified atom stereocenters. The third-order valence-corrected chi connectivity index (χ3v) is 2.49. The van der Waals surface area contributed by atoms with Gasteiger partial charge in [-0.3, -0.25) is 4.79 Å². The number of carbonyl (C=O) groups is 1. The molecular weight excluding hydrogens is 337 g/mol. The van der Waals surface area contributed by atoms with Gasteiger partial charge < -0.3 is 10.5 Å². The quantitative estimate of drug-likeness (QED) is 0.399. The molecule has 106 valence electrons. The van der Waals surface area contributed by atoms with Crippen LogP contribution in [0.2, 0.25) is 0 Å². The van der Waals surface area contributed by atoms with Gasteiger partial charge in [0.1, 0.15) is 5.75 Å². The van der Waals surface area contributed by atoms with Crippen LogP contribution in [-0.2, 0) is 25.7 Å². The second-order valence-electron chi connectivity index (χ2n) is 3.95. The average molecular weight is 346 g/mol. The number of hydrogen-bond donors (Lipinski definition) is 1. The zero-order chi connectivity index (χ0) is 14.8. The van der Waals surface area contributed by atoms with E-state index in [1.807, 2.05) is 0 Å². The minimum atomic E-state index is -4.58. The second-order valence-corrected chi connectivity index (χ2v) is 3.95. The van der Waals surface area contributed by atoms with Crippen LogP contribution in [0.5, 0.6) is 11.5 Å². The topological polar surface area (TPSA) is 52.3 Å². The number of anilines is 1. The van der Waals surface area contributed by atoms with Crippen LogP contribution in [0.15, 0.2) is 36.4 Å². The minimum Gasteiger partial charge on any atom is -0.483 e. The van der Waals surface area contributed by atoms with Crippen molar-refractivity contribution in [1.29, 1.82) is 0 Å². The Bertz CT molecular complexity index is 627. The van der Waals surface area contributed by atoms with Crippen molar-refractivity contribution in [2.45, 2.75) is 6.18 Å². The molecule has 0 bridgehead atoms. The summed E-state index contributed by atoms with van der Waals surface area (Å²) in [5.74, 6) is 0.400. The number of hydrogen-bond acceptors (Lipinski definition) is 3. The normalized spacial score (nSPS) is 10.6. The number of aldehydes is 1. The maximum atomic E-state index is 12.6. The molecular formula is C14H9F3NO2Zn-. The maximum absolute atomic E-state index is 12.6. The molecule has 0 saturated carbocycles. The molecule has 2 N–H and O–H groups in total. The van der Waals surface area contributed by atoms with E-state index in [9.17, 15) is 18.0 Å². The molecule has 2 aromatic rings. The monoisotopic (exact) mass is 344 g/mol. The zero-order valence-electron chi connectivity index (χ0n) is 10.8. The van der Waals surface area contributed by atoms with Crippen LogP contribution in [0, 0.1) is 6.07 Å². The number of nitrogen functional groups attached to an aromatic ring is 1. The van der Waals surface area contributed by atoms with Crippen molar-refractivity contribution in [3.05, 3.63) is 53.6 Å². The SMILES string of the molecule is Nc1c[c-]c(Oc2ccc(C(F)(F)F)c(C=O)c2)cc1.[Zn]. The van der Waals surface area contributed by atoms with E-state index < -0.39 is 17.3 Å². The fourth-order valence-electron chi connectivity index (χ4n) is 1.57. The van der Waals surface area contributed by atoms with Gasteiger partial charge in [0.25, 0.3) is 0 Å². The van der Waals surface area contributed by atoms with E-state index in [1.165, 1.54) is 12.1 Å². The van der Waals surface area contributed by atoms with Gasteiger partial charge in [-0.25, -0.2) is 0 Å². The molecule has 0 radical (unpaired) electrons. The molecule has 0 aromatic heterocycles. The summed E-state index contributed by atoms with van der Waals surface area (Å²) in [6.07, 6.45) is -4.44. The first kappa shape index (κ1) is 17.2. The van der Waals surface area contributed by atoms with Crippen LogP contribution >= 0.6 is 0 Å². The number of nitrogens with two attached hydrogens (primary N) is 1. The van der Waals surface area contributed by atoms with Crippen LogP contribution in [0.1, 0.15) is 15.9 Å². The predicted molar refractivity (Wildman–Crippen MR) is 66.6 cm³/mol. The Kier molecular flexibility index (Phi) is 5.50. The standard InChI is InChI=1S/C14H9F3NO2.Zn/c15-14(16,17)13-6-5-12(7-9(13)8-19)20-11-3-1-10(18)2-4-11;/h1-3,5-8H,18H2;/q-1;. The number of ether oxygens (including phenoxy) is 1. The summed E-state index contributed by atoms with van der Waals surface area (Å²) < 4.78 is 43.2. The Morgan fingerprint density at radius 1 is 1.19 bits per heavy atom. The molecule has 3 nitrogen and oxygen atoms in total. The Balaban J connectivity index is 0.00000220. The van der Waals surface area contributed by atoms with Crippen molar-refractivity contribution in [2.24, 2.45) is 0 Å². The molecule has 0 atom stereocenters. The largest absolute Gasteiger partial charge is 0.483 e. The Morgan fingerprint density at radius 3 is 2.43 bits per heavy atom. The van der Waals surface area contributed by atoms with Gasteiger partial charge in [0.05, 0.1) is 5.56 Å². The van der Waals surface area contributed by atoms with Gasteiger partial charge in [0, 0.05) is 30.8 Å². The first-order valence-corrected chi connectivity index (χ1v) is 5.51.